The van der Waals surface area contributed by atoms with Gasteiger partial charge in [0, 0.05) is 0 Å². The summed E-state index contributed by atoms with van der Waals surface area (Å²) in [6.07, 6.45) is 4.24. The number of aliphatic hydroxyl groups is 1. The van der Waals surface area contributed by atoms with Crippen molar-refractivity contribution in [1.29, 1.82) is 5.26 Å². The molecule has 0 aromatic heterocycles. The Kier molecular flexibility index (Phi) is 4.16. The average molecular weight is 209 g/mol. The van der Waals surface area contributed by atoms with Gasteiger partial charge < -0.3 is 5.11 Å². The van der Waals surface area contributed by atoms with Crippen LogP contribution in [0.1, 0.15) is 52.9 Å². The second kappa shape index (κ2) is 4.99. The number of rotatable bonds is 3. The van der Waals surface area contributed by atoms with Gasteiger partial charge in [0.25, 0.3) is 0 Å². The molecule has 0 saturated heterocycles. The van der Waals surface area contributed by atoms with E-state index >= 15 is 0 Å². The lowest BCUT2D eigenvalue weighted by Gasteiger charge is -2.38. The fourth-order valence-corrected chi connectivity index (χ4v) is 2.47. The van der Waals surface area contributed by atoms with Gasteiger partial charge in [-0.3, -0.25) is 0 Å². The zero-order valence-electron chi connectivity index (χ0n) is 10.2. The topological polar surface area (TPSA) is 44.0 Å². The number of hydrogen-bond acceptors (Lipinski definition) is 2. The van der Waals surface area contributed by atoms with Crippen molar-refractivity contribution in [1.82, 2.24) is 0 Å². The van der Waals surface area contributed by atoms with Gasteiger partial charge in [-0.1, -0.05) is 20.8 Å². The third-order valence-electron chi connectivity index (χ3n) is 3.72. The number of hydrogen-bond donors (Lipinski definition) is 1. The molecule has 0 amide bonds. The van der Waals surface area contributed by atoms with Crippen molar-refractivity contribution in [3.05, 3.63) is 0 Å². The largest absolute Gasteiger partial charge is 0.391 e. The molecule has 0 aromatic carbocycles. The molecule has 2 heteroatoms. The maximum Gasteiger partial charge on any atom is 0.0832 e. The lowest BCUT2D eigenvalue weighted by Crippen LogP contribution is -2.38. The summed E-state index contributed by atoms with van der Waals surface area (Å²) in [5, 5.41) is 19.5. The molecule has 0 heterocycles. The highest BCUT2D eigenvalue weighted by molar-refractivity contribution is 5.05. The van der Waals surface area contributed by atoms with Crippen molar-refractivity contribution in [2.75, 3.05) is 0 Å². The second-order valence-corrected chi connectivity index (χ2v) is 5.60. The van der Waals surface area contributed by atoms with Crippen LogP contribution in [0.5, 0.6) is 0 Å². The summed E-state index contributed by atoms with van der Waals surface area (Å²) in [6, 6.07) is 2.39. The number of nitriles is 1. The van der Waals surface area contributed by atoms with Gasteiger partial charge in [-0.05, 0) is 43.9 Å². The maximum absolute atomic E-state index is 10.2. The van der Waals surface area contributed by atoms with E-state index < -0.39 is 11.5 Å². The molecule has 1 fully saturated rings. The fraction of sp³-hybridized carbons (Fsp3) is 0.923. The molecule has 0 aromatic rings. The Bertz CT molecular complexity index is 233. The third-order valence-corrected chi connectivity index (χ3v) is 3.72. The van der Waals surface area contributed by atoms with E-state index in [9.17, 15) is 10.4 Å². The standard InChI is InChI=1S/C13H23NO/c1-10(2)8-12(15)13(9-14)6-4-11(3)5-7-13/h10-12,15H,4-8H2,1-3H3. The van der Waals surface area contributed by atoms with Crippen LogP contribution in [0, 0.1) is 28.6 Å². The monoisotopic (exact) mass is 209 g/mol. The van der Waals surface area contributed by atoms with Gasteiger partial charge in [0.05, 0.1) is 17.6 Å². The maximum atomic E-state index is 10.2. The Labute approximate surface area is 93.3 Å². The van der Waals surface area contributed by atoms with Gasteiger partial charge in [0.2, 0.25) is 0 Å². The van der Waals surface area contributed by atoms with Crippen LogP contribution < -0.4 is 0 Å². The van der Waals surface area contributed by atoms with Crippen LogP contribution in [0.25, 0.3) is 0 Å². The molecule has 1 unspecified atom stereocenters. The first kappa shape index (κ1) is 12.5. The van der Waals surface area contributed by atoms with Crippen molar-refractivity contribution in [3.63, 3.8) is 0 Å². The molecule has 1 aliphatic carbocycles. The highest BCUT2D eigenvalue weighted by Gasteiger charge is 2.40. The minimum atomic E-state index is -0.448. The Morgan fingerprint density at radius 1 is 1.40 bits per heavy atom. The van der Waals surface area contributed by atoms with Gasteiger partial charge >= 0.3 is 0 Å². The van der Waals surface area contributed by atoms with E-state index in [4.69, 9.17) is 0 Å². The van der Waals surface area contributed by atoms with E-state index in [1.165, 1.54) is 0 Å². The molecule has 2 nitrogen and oxygen atoms in total. The van der Waals surface area contributed by atoms with Crippen molar-refractivity contribution in [2.45, 2.75) is 59.0 Å². The van der Waals surface area contributed by atoms with Crippen molar-refractivity contribution in [2.24, 2.45) is 17.3 Å². The van der Waals surface area contributed by atoms with Crippen molar-refractivity contribution >= 4 is 0 Å². The molecule has 1 N–H and O–H groups in total. The van der Waals surface area contributed by atoms with Gasteiger partial charge in [-0.25, -0.2) is 0 Å². The quantitative estimate of drug-likeness (QED) is 0.776. The van der Waals surface area contributed by atoms with Crippen LogP contribution in [0.2, 0.25) is 0 Å². The van der Waals surface area contributed by atoms with Gasteiger partial charge in [-0.2, -0.15) is 5.26 Å². The van der Waals surface area contributed by atoms with E-state index in [0.29, 0.717) is 5.92 Å². The van der Waals surface area contributed by atoms with E-state index in [1.54, 1.807) is 0 Å². The van der Waals surface area contributed by atoms with E-state index in [0.717, 1.165) is 38.0 Å². The Morgan fingerprint density at radius 2 is 1.93 bits per heavy atom. The predicted molar refractivity (Wildman–Crippen MR) is 61.1 cm³/mol. The molecule has 0 radical (unpaired) electrons. The second-order valence-electron chi connectivity index (χ2n) is 5.60. The first-order valence-corrected chi connectivity index (χ1v) is 6.09. The van der Waals surface area contributed by atoms with E-state index in [1.807, 2.05) is 0 Å². The van der Waals surface area contributed by atoms with Crippen LogP contribution >= 0.6 is 0 Å². The molecule has 0 aliphatic heterocycles. The van der Waals surface area contributed by atoms with Crippen LogP contribution in [0.3, 0.4) is 0 Å². The summed E-state index contributed by atoms with van der Waals surface area (Å²) >= 11 is 0. The molecule has 1 aliphatic rings. The summed E-state index contributed by atoms with van der Waals surface area (Å²) in [7, 11) is 0. The first-order chi connectivity index (χ1) is 7.00. The van der Waals surface area contributed by atoms with Crippen LogP contribution in [0.4, 0.5) is 0 Å². The van der Waals surface area contributed by atoms with Crippen molar-refractivity contribution < 1.29 is 5.11 Å². The smallest absolute Gasteiger partial charge is 0.0832 e. The molecule has 15 heavy (non-hydrogen) atoms. The van der Waals surface area contributed by atoms with Gasteiger partial charge in [0.15, 0.2) is 0 Å². The van der Waals surface area contributed by atoms with Crippen LogP contribution in [-0.2, 0) is 0 Å². The zero-order chi connectivity index (χ0) is 11.5. The molecule has 1 rings (SSSR count). The summed E-state index contributed by atoms with van der Waals surface area (Å²) in [5.41, 5.74) is -0.448. The highest BCUT2D eigenvalue weighted by Crippen LogP contribution is 2.42. The SMILES string of the molecule is CC(C)CC(O)C1(C#N)CCC(C)CC1. The van der Waals surface area contributed by atoms with Gasteiger partial charge in [0.1, 0.15) is 0 Å². The molecule has 86 valence electrons. The first-order valence-electron chi connectivity index (χ1n) is 6.09. The molecular weight excluding hydrogens is 186 g/mol. The number of nitrogens with zero attached hydrogens (tertiary/aromatic N) is 1. The third kappa shape index (κ3) is 2.95. The predicted octanol–water partition coefficient (Wildman–Crippen LogP) is 3.11. The van der Waals surface area contributed by atoms with E-state index in [2.05, 4.69) is 26.8 Å². The molecular formula is C13H23NO. The minimum Gasteiger partial charge on any atom is -0.391 e. The molecule has 1 saturated carbocycles. The summed E-state index contributed by atoms with van der Waals surface area (Å²) in [5.74, 6) is 1.18. The molecule has 1 atom stereocenters. The fourth-order valence-electron chi connectivity index (χ4n) is 2.47. The normalized spacial score (nSPS) is 33.7. The van der Waals surface area contributed by atoms with E-state index in [-0.39, 0.29) is 0 Å². The molecule has 0 spiro atoms. The Morgan fingerprint density at radius 3 is 2.33 bits per heavy atom. The lowest BCUT2D eigenvalue weighted by atomic mass is 9.67. The Hall–Kier alpha value is -0.550. The lowest BCUT2D eigenvalue weighted by molar-refractivity contribution is 0.0140. The average Bonchev–Trinajstić information content (AvgIpc) is 2.18. The highest BCUT2D eigenvalue weighted by atomic mass is 16.3. The minimum absolute atomic E-state index is 0.435. The Balaban J connectivity index is 2.65. The van der Waals surface area contributed by atoms with Crippen LogP contribution in [-0.4, -0.2) is 11.2 Å². The molecule has 0 bridgehead atoms. The van der Waals surface area contributed by atoms with Crippen LogP contribution in [0.15, 0.2) is 0 Å². The summed E-state index contributed by atoms with van der Waals surface area (Å²) in [6.45, 7) is 6.43. The summed E-state index contributed by atoms with van der Waals surface area (Å²) < 4.78 is 0. The van der Waals surface area contributed by atoms with Gasteiger partial charge in [-0.15, -0.1) is 0 Å². The van der Waals surface area contributed by atoms with Crippen molar-refractivity contribution in [3.8, 4) is 6.07 Å². The number of aliphatic hydroxyl groups excluding tert-OH is 1. The summed E-state index contributed by atoms with van der Waals surface area (Å²) in [4.78, 5) is 0. The zero-order valence-corrected chi connectivity index (χ0v) is 10.2.